The molecular formula is C27H31N7. The number of pyridine rings is 3. The fraction of sp³-hybridized carbons (Fsp3) is 0.222. The first-order valence-electron chi connectivity index (χ1n) is 11.4. The van der Waals surface area contributed by atoms with Gasteiger partial charge in [-0.2, -0.15) is 0 Å². The molecule has 1 saturated heterocycles. The molecule has 4 aromatic rings. The maximum atomic E-state index is 5.77. The zero-order valence-corrected chi connectivity index (χ0v) is 19.8. The highest BCUT2D eigenvalue weighted by molar-refractivity contribution is 5.88. The Balaban J connectivity index is 0.000000166. The minimum atomic E-state index is 0.670. The number of nitrogens with two attached hydrogens (primary N) is 1. The first-order valence-corrected chi connectivity index (χ1v) is 11.4. The van der Waals surface area contributed by atoms with Crippen molar-refractivity contribution in [3.63, 3.8) is 0 Å². The van der Waals surface area contributed by atoms with Gasteiger partial charge >= 0.3 is 0 Å². The second kappa shape index (κ2) is 10.8. The van der Waals surface area contributed by atoms with Gasteiger partial charge in [-0.1, -0.05) is 24.8 Å². The second-order valence-electron chi connectivity index (χ2n) is 8.33. The molecule has 4 heterocycles. The number of anilines is 3. The van der Waals surface area contributed by atoms with E-state index in [-0.39, 0.29) is 0 Å². The minimum Gasteiger partial charge on any atom is -0.397 e. The normalized spacial score (nSPS) is 13.8. The zero-order chi connectivity index (χ0) is 23.9. The van der Waals surface area contributed by atoms with Crippen LogP contribution in [0.1, 0.15) is 5.56 Å². The maximum Gasteiger partial charge on any atom is 0.129 e. The molecule has 0 bridgehead atoms. The summed E-state index contributed by atoms with van der Waals surface area (Å²) in [5.74, 6) is 1.93. The van der Waals surface area contributed by atoms with Crippen LogP contribution in [0.5, 0.6) is 0 Å². The number of nitrogen functional groups attached to an aromatic ring is 1. The first-order chi connectivity index (χ1) is 16.6. The SMILES string of the molecule is C=Cc1ccnc(N2CCN(C)CC2)c1.CNc1cc2cc(-c3cncc(N)c3)ccc2cn1. The summed E-state index contributed by atoms with van der Waals surface area (Å²) in [6, 6.07) is 14.3. The molecule has 5 rings (SSSR count). The van der Waals surface area contributed by atoms with Gasteiger partial charge in [-0.3, -0.25) is 4.98 Å². The number of benzene rings is 1. The molecule has 0 saturated carbocycles. The standard InChI is InChI=1S/C15H14N4.C12H17N3/c1-17-15-6-12-4-10(2-3-11(12)8-19-15)13-5-14(16)9-18-7-13;1-3-11-4-5-13-12(10-11)15-8-6-14(2)7-9-15/h2-9H,16H2,1H3,(H,17,19);3-5,10H,1,6-9H2,2H3. The quantitative estimate of drug-likeness (QED) is 0.474. The Kier molecular flexibility index (Phi) is 7.34. The zero-order valence-electron chi connectivity index (χ0n) is 19.8. The van der Waals surface area contributed by atoms with Gasteiger partial charge in [0.1, 0.15) is 11.6 Å². The lowest BCUT2D eigenvalue weighted by atomic mass is 10.0. The van der Waals surface area contributed by atoms with Crippen molar-refractivity contribution < 1.29 is 0 Å². The van der Waals surface area contributed by atoms with E-state index < -0.39 is 0 Å². The number of nitrogens with one attached hydrogen (secondary N) is 1. The van der Waals surface area contributed by atoms with E-state index in [1.165, 1.54) is 0 Å². The lowest BCUT2D eigenvalue weighted by molar-refractivity contribution is 0.312. The van der Waals surface area contributed by atoms with E-state index in [1.807, 2.05) is 49.9 Å². The molecule has 1 aliphatic heterocycles. The third kappa shape index (κ3) is 5.68. The van der Waals surface area contributed by atoms with E-state index in [0.29, 0.717) is 5.69 Å². The van der Waals surface area contributed by atoms with E-state index >= 15 is 0 Å². The van der Waals surface area contributed by atoms with Gasteiger partial charge < -0.3 is 20.9 Å². The Labute approximate surface area is 201 Å². The number of hydrogen-bond acceptors (Lipinski definition) is 7. The molecule has 7 nitrogen and oxygen atoms in total. The van der Waals surface area contributed by atoms with Crippen LogP contribution >= 0.6 is 0 Å². The van der Waals surface area contributed by atoms with Crippen LogP contribution in [0, 0.1) is 0 Å². The lowest BCUT2D eigenvalue weighted by Gasteiger charge is -2.33. The lowest BCUT2D eigenvalue weighted by Crippen LogP contribution is -2.44. The highest BCUT2D eigenvalue weighted by atomic mass is 15.3. The van der Waals surface area contributed by atoms with Crippen molar-refractivity contribution in [2.75, 3.05) is 56.2 Å². The van der Waals surface area contributed by atoms with Crippen molar-refractivity contribution in [1.29, 1.82) is 0 Å². The molecule has 0 aliphatic carbocycles. The van der Waals surface area contributed by atoms with Gasteiger partial charge in [0.05, 0.1) is 5.69 Å². The van der Waals surface area contributed by atoms with Gasteiger partial charge in [0.2, 0.25) is 0 Å². The molecule has 174 valence electrons. The van der Waals surface area contributed by atoms with Crippen molar-refractivity contribution in [2.45, 2.75) is 0 Å². The smallest absolute Gasteiger partial charge is 0.129 e. The Morgan fingerprint density at radius 3 is 2.47 bits per heavy atom. The van der Waals surface area contributed by atoms with Gasteiger partial charge in [-0.25, -0.2) is 9.97 Å². The fourth-order valence-electron chi connectivity index (χ4n) is 3.84. The van der Waals surface area contributed by atoms with Crippen LogP contribution < -0.4 is 16.0 Å². The molecule has 0 amide bonds. The van der Waals surface area contributed by atoms with Crippen molar-refractivity contribution >= 4 is 34.2 Å². The van der Waals surface area contributed by atoms with Gasteiger partial charge in [0.25, 0.3) is 0 Å². The number of fused-ring (bicyclic) bond motifs is 1. The first kappa shape index (κ1) is 23.2. The summed E-state index contributed by atoms with van der Waals surface area (Å²) in [5.41, 5.74) is 9.70. The van der Waals surface area contributed by atoms with Crippen LogP contribution in [0.4, 0.5) is 17.3 Å². The monoisotopic (exact) mass is 453 g/mol. The number of aromatic nitrogens is 3. The van der Waals surface area contributed by atoms with E-state index in [9.17, 15) is 0 Å². The molecule has 0 radical (unpaired) electrons. The van der Waals surface area contributed by atoms with E-state index in [0.717, 1.165) is 65.3 Å². The van der Waals surface area contributed by atoms with Gasteiger partial charge in [-0.05, 0) is 53.9 Å². The molecule has 1 aliphatic rings. The van der Waals surface area contributed by atoms with Crippen LogP contribution in [0.3, 0.4) is 0 Å². The minimum absolute atomic E-state index is 0.670. The summed E-state index contributed by atoms with van der Waals surface area (Å²) >= 11 is 0. The highest BCUT2D eigenvalue weighted by Gasteiger charge is 2.14. The number of nitrogens with zero attached hydrogens (tertiary/aromatic N) is 5. The third-order valence-corrected chi connectivity index (χ3v) is 5.90. The molecule has 34 heavy (non-hydrogen) atoms. The second-order valence-corrected chi connectivity index (χ2v) is 8.33. The third-order valence-electron chi connectivity index (χ3n) is 5.90. The highest BCUT2D eigenvalue weighted by Crippen LogP contribution is 2.26. The largest absolute Gasteiger partial charge is 0.397 e. The molecule has 0 atom stereocenters. The Morgan fingerprint density at radius 1 is 0.912 bits per heavy atom. The Bertz CT molecular complexity index is 1260. The number of piperazine rings is 1. The van der Waals surface area contributed by atoms with Crippen molar-refractivity contribution in [2.24, 2.45) is 0 Å². The van der Waals surface area contributed by atoms with Crippen LogP contribution in [-0.4, -0.2) is 60.1 Å². The molecule has 7 heteroatoms. The van der Waals surface area contributed by atoms with Crippen molar-refractivity contribution in [1.82, 2.24) is 19.9 Å². The Hall–Kier alpha value is -3.97. The van der Waals surface area contributed by atoms with Crippen molar-refractivity contribution in [3.05, 3.63) is 79.4 Å². The van der Waals surface area contributed by atoms with Crippen LogP contribution in [-0.2, 0) is 0 Å². The summed E-state index contributed by atoms with van der Waals surface area (Å²) in [5, 5.41) is 5.29. The summed E-state index contributed by atoms with van der Waals surface area (Å²) < 4.78 is 0. The predicted molar refractivity (Wildman–Crippen MR) is 143 cm³/mol. The predicted octanol–water partition coefficient (Wildman–Crippen LogP) is 4.40. The van der Waals surface area contributed by atoms with Crippen molar-refractivity contribution in [3.8, 4) is 11.1 Å². The average molecular weight is 454 g/mol. The van der Waals surface area contributed by atoms with Gasteiger partial charge in [-0.15, -0.1) is 0 Å². The molecule has 1 fully saturated rings. The molecule has 0 unspecified atom stereocenters. The number of rotatable bonds is 4. The number of hydrogen-bond donors (Lipinski definition) is 2. The van der Waals surface area contributed by atoms with E-state index in [4.69, 9.17) is 5.73 Å². The molecule has 1 aromatic carbocycles. The molecule has 3 N–H and O–H groups in total. The molecule has 0 spiro atoms. The molecule has 3 aromatic heterocycles. The van der Waals surface area contributed by atoms with Gasteiger partial charge in [0, 0.05) is 69.0 Å². The summed E-state index contributed by atoms with van der Waals surface area (Å²) in [7, 11) is 4.02. The maximum absolute atomic E-state index is 5.77. The van der Waals surface area contributed by atoms with E-state index in [2.05, 4.69) is 68.0 Å². The summed E-state index contributed by atoms with van der Waals surface area (Å²) in [6.07, 6.45) is 9.04. The molecular weight excluding hydrogens is 422 g/mol. The summed E-state index contributed by atoms with van der Waals surface area (Å²) in [4.78, 5) is 17.5. The van der Waals surface area contributed by atoms with E-state index in [1.54, 1.807) is 6.20 Å². The Morgan fingerprint density at radius 2 is 1.74 bits per heavy atom. The fourth-order valence-corrected chi connectivity index (χ4v) is 3.84. The van der Waals surface area contributed by atoms with Gasteiger partial charge in [0.15, 0.2) is 0 Å². The van der Waals surface area contributed by atoms with Crippen LogP contribution in [0.15, 0.2) is 73.8 Å². The average Bonchev–Trinajstić information content (AvgIpc) is 2.89. The number of likely N-dealkylation sites (N-methyl/N-ethyl adjacent to an activating group) is 1. The topological polar surface area (TPSA) is 83.2 Å². The summed E-state index contributed by atoms with van der Waals surface area (Å²) in [6.45, 7) is 8.12. The van der Waals surface area contributed by atoms with Crippen LogP contribution in [0.2, 0.25) is 0 Å². The van der Waals surface area contributed by atoms with Crippen LogP contribution in [0.25, 0.3) is 28.0 Å².